The van der Waals surface area contributed by atoms with Crippen LogP contribution in [0.25, 0.3) is 0 Å². The minimum absolute atomic E-state index is 0.179. The number of nitrogens with one attached hydrogen (secondary N) is 2. The highest BCUT2D eigenvalue weighted by atomic mass is 16.5. The minimum atomic E-state index is -0.276. The lowest BCUT2D eigenvalue weighted by Crippen LogP contribution is -2.40. The third kappa shape index (κ3) is 4.14. The van der Waals surface area contributed by atoms with E-state index in [1.54, 1.807) is 29.3 Å². The zero-order valence-corrected chi connectivity index (χ0v) is 17.8. The molecule has 3 amide bonds. The van der Waals surface area contributed by atoms with Crippen molar-refractivity contribution in [1.82, 2.24) is 10.3 Å². The first-order valence-electron chi connectivity index (χ1n) is 10.7. The number of urea groups is 1. The molecule has 1 fully saturated rings. The first kappa shape index (κ1) is 20.1. The summed E-state index contributed by atoms with van der Waals surface area (Å²) in [7, 11) is 0. The molecule has 1 aliphatic heterocycles. The molecule has 7 nitrogen and oxygen atoms in total. The number of aryl methyl sites for hydroxylation is 1. The van der Waals surface area contributed by atoms with E-state index in [1.807, 2.05) is 43.3 Å². The molecule has 2 N–H and O–H groups in total. The molecule has 0 radical (unpaired) electrons. The maximum absolute atomic E-state index is 12.9. The first-order chi connectivity index (χ1) is 15.6. The first-order valence-corrected chi connectivity index (χ1v) is 10.7. The number of rotatable bonds is 6. The molecule has 0 bridgehead atoms. The molecule has 7 heteroatoms. The van der Waals surface area contributed by atoms with Crippen LogP contribution in [0.15, 0.2) is 60.8 Å². The Bertz CT molecular complexity index is 1190. The van der Waals surface area contributed by atoms with Gasteiger partial charge in [0.05, 0.1) is 23.5 Å². The van der Waals surface area contributed by atoms with Crippen molar-refractivity contribution in [2.24, 2.45) is 0 Å². The van der Waals surface area contributed by atoms with E-state index in [2.05, 4.69) is 15.6 Å². The predicted octanol–water partition coefficient (Wildman–Crippen LogP) is 4.41. The topological polar surface area (TPSA) is 83.6 Å². The number of anilines is 2. The zero-order valence-electron chi connectivity index (χ0n) is 17.8. The van der Waals surface area contributed by atoms with Crippen molar-refractivity contribution in [3.8, 4) is 5.75 Å². The Hall–Kier alpha value is -3.87. The SMILES string of the molecule is Cc1cccnc1COc1ccc(C(=O)NC2CC2)c(N2Cc3ccccc3NC2=O)c1. The molecule has 162 valence electrons. The van der Waals surface area contributed by atoms with E-state index in [-0.39, 0.29) is 18.0 Å². The van der Waals surface area contributed by atoms with Crippen molar-refractivity contribution in [2.75, 3.05) is 10.2 Å². The number of ether oxygens (including phenoxy) is 1. The van der Waals surface area contributed by atoms with Crippen LogP contribution in [-0.2, 0) is 13.2 Å². The van der Waals surface area contributed by atoms with E-state index in [9.17, 15) is 9.59 Å². The zero-order chi connectivity index (χ0) is 22.1. The standard InChI is InChI=1S/C25H24N4O3/c1-16-5-4-12-26-22(16)15-32-19-10-11-20(24(30)27-18-8-9-18)23(13-19)29-14-17-6-2-3-7-21(17)28-25(29)31/h2-7,10-13,18H,8-9,14-15H2,1H3,(H,27,30)(H,28,31). The van der Waals surface area contributed by atoms with Gasteiger partial charge in [0, 0.05) is 24.0 Å². The number of amides is 3. The fraction of sp³-hybridized carbons (Fsp3) is 0.240. The van der Waals surface area contributed by atoms with Crippen LogP contribution >= 0.6 is 0 Å². The van der Waals surface area contributed by atoms with Gasteiger partial charge >= 0.3 is 6.03 Å². The van der Waals surface area contributed by atoms with Gasteiger partial charge in [-0.3, -0.25) is 14.7 Å². The van der Waals surface area contributed by atoms with Gasteiger partial charge in [0.1, 0.15) is 12.4 Å². The Morgan fingerprint density at radius 2 is 2.03 bits per heavy atom. The molecule has 0 saturated heterocycles. The van der Waals surface area contributed by atoms with Crippen LogP contribution < -0.4 is 20.3 Å². The Labute approximate surface area is 186 Å². The Kier molecular flexibility index (Phi) is 5.23. The second-order valence-corrected chi connectivity index (χ2v) is 8.16. The number of hydrogen-bond donors (Lipinski definition) is 2. The molecular formula is C25H24N4O3. The third-order valence-electron chi connectivity index (χ3n) is 5.74. The van der Waals surface area contributed by atoms with E-state index < -0.39 is 0 Å². The molecular weight excluding hydrogens is 404 g/mol. The lowest BCUT2D eigenvalue weighted by Gasteiger charge is -2.31. The Morgan fingerprint density at radius 1 is 1.19 bits per heavy atom. The summed E-state index contributed by atoms with van der Waals surface area (Å²) in [5.41, 5.74) is 4.62. The number of aromatic nitrogens is 1. The van der Waals surface area contributed by atoms with Crippen molar-refractivity contribution in [2.45, 2.75) is 39.0 Å². The normalized spacial score (nSPS) is 15.0. The van der Waals surface area contributed by atoms with Gasteiger partial charge < -0.3 is 15.4 Å². The highest BCUT2D eigenvalue weighted by Crippen LogP contribution is 2.33. The monoisotopic (exact) mass is 428 g/mol. The van der Waals surface area contributed by atoms with Crippen LogP contribution in [0.5, 0.6) is 5.75 Å². The van der Waals surface area contributed by atoms with Crippen molar-refractivity contribution in [1.29, 1.82) is 0 Å². The van der Waals surface area contributed by atoms with E-state index in [0.717, 1.165) is 35.3 Å². The largest absolute Gasteiger partial charge is 0.487 e. The minimum Gasteiger partial charge on any atom is -0.487 e. The molecule has 0 spiro atoms. The lowest BCUT2D eigenvalue weighted by molar-refractivity contribution is 0.0951. The molecule has 2 aliphatic rings. The molecule has 32 heavy (non-hydrogen) atoms. The summed E-state index contributed by atoms with van der Waals surface area (Å²) >= 11 is 0. The summed E-state index contributed by atoms with van der Waals surface area (Å²) < 4.78 is 5.98. The number of benzene rings is 2. The quantitative estimate of drug-likeness (QED) is 0.609. The van der Waals surface area contributed by atoms with E-state index in [1.165, 1.54) is 0 Å². The van der Waals surface area contributed by atoms with Gasteiger partial charge in [-0.2, -0.15) is 0 Å². The van der Waals surface area contributed by atoms with Crippen LogP contribution in [-0.4, -0.2) is 23.0 Å². The van der Waals surface area contributed by atoms with Crippen LogP contribution in [0, 0.1) is 6.92 Å². The lowest BCUT2D eigenvalue weighted by atomic mass is 10.1. The molecule has 1 saturated carbocycles. The van der Waals surface area contributed by atoms with Gasteiger partial charge in [0.25, 0.3) is 5.91 Å². The number of pyridine rings is 1. The van der Waals surface area contributed by atoms with Crippen LogP contribution in [0.2, 0.25) is 0 Å². The molecule has 2 heterocycles. The van der Waals surface area contributed by atoms with Crippen LogP contribution in [0.3, 0.4) is 0 Å². The number of hydrogen-bond acceptors (Lipinski definition) is 4. The second-order valence-electron chi connectivity index (χ2n) is 8.16. The fourth-order valence-corrected chi connectivity index (χ4v) is 3.73. The average Bonchev–Trinajstić information content (AvgIpc) is 3.62. The molecule has 3 aromatic rings. The number of carbonyl (C=O) groups excluding carboxylic acids is 2. The number of carbonyl (C=O) groups is 2. The summed E-state index contributed by atoms with van der Waals surface area (Å²) in [6.45, 7) is 2.65. The fourth-order valence-electron chi connectivity index (χ4n) is 3.73. The van der Waals surface area contributed by atoms with Gasteiger partial charge in [-0.25, -0.2) is 4.79 Å². The van der Waals surface area contributed by atoms with Gasteiger partial charge in [-0.05, 0) is 55.2 Å². The number of para-hydroxylation sites is 1. The van der Waals surface area contributed by atoms with Crippen molar-refractivity contribution < 1.29 is 14.3 Å². The molecule has 2 aromatic carbocycles. The molecule has 1 aliphatic carbocycles. The van der Waals surface area contributed by atoms with Crippen molar-refractivity contribution >= 4 is 23.3 Å². The summed E-state index contributed by atoms with van der Waals surface area (Å²) in [6, 6.07) is 16.7. The Morgan fingerprint density at radius 3 is 2.84 bits per heavy atom. The summed E-state index contributed by atoms with van der Waals surface area (Å²) in [4.78, 5) is 31.8. The molecule has 1 aromatic heterocycles. The van der Waals surface area contributed by atoms with E-state index in [0.29, 0.717) is 30.2 Å². The van der Waals surface area contributed by atoms with Gasteiger partial charge in [-0.1, -0.05) is 24.3 Å². The van der Waals surface area contributed by atoms with Gasteiger partial charge in [0.2, 0.25) is 0 Å². The summed E-state index contributed by atoms with van der Waals surface area (Å²) in [6.07, 6.45) is 3.71. The van der Waals surface area contributed by atoms with Gasteiger partial charge in [-0.15, -0.1) is 0 Å². The smallest absolute Gasteiger partial charge is 0.326 e. The maximum atomic E-state index is 12.9. The van der Waals surface area contributed by atoms with Crippen LogP contribution in [0.4, 0.5) is 16.2 Å². The van der Waals surface area contributed by atoms with Gasteiger partial charge in [0.15, 0.2) is 0 Å². The van der Waals surface area contributed by atoms with E-state index >= 15 is 0 Å². The third-order valence-corrected chi connectivity index (χ3v) is 5.74. The highest BCUT2D eigenvalue weighted by molar-refractivity contribution is 6.09. The summed E-state index contributed by atoms with van der Waals surface area (Å²) in [5.74, 6) is 0.390. The van der Waals surface area contributed by atoms with Crippen LogP contribution in [0.1, 0.15) is 40.0 Å². The molecule has 5 rings (SSSR count). The predicted molar refractivity (Wildman–Crippen MR) is 122 cm³/mol. The Balaban J connectivity index is 1.46. The van der Waals surface area contributed by atoms with Crippen molar-refractivity contribution in [3.05, 3.63) is 83.2 Å². The second kappa shape index (κ2) is 8.34. The number of fused-ring (bicyclic) bond motifs is 1. The molecule has 0 atom stereocenters. The highest BCUT2D eigenvalue weighted by Gasteiger charge is 2.30. The number of nitrogens with zero attached hydrogens (tertiary/aromatic N) is 2. The van der Waals surface area contributed by atoms with E-state index in [4.69, 9.17) is 4.74 Å². The molecule has 0 unspecified atom stereocenters. The maximum Gasteiger partial charge on any atom is 0.326 e. The summed E-state index contributed by atoms with van der Waals surface area (Å²) in [5, 5.41) is 5.94. The van der Waals surface area contributed by atoms with Crippen molar-refractivity contribution in [3.63, 3.8) is 0 Å². The average molecular weight is 428 g/mol.